The van der Waals surface area contributed by atoms with Crippen LogP contribution in [0.1, 0.15) is 0 Å². The third-order valence-corrected chi connectivity index (χ3v) is 5.06. The number of rotatable bonds is 4. The number of nitrogens with zero attached hydrogens (tertiary/aromatic N) is 1. The Bertz CT molecular complexity index is 982. The molecule has 7 nitrogen and oxygen atoms in total. The lowest BCUT2D eigenvalue weighted by atomic mass is 10.2. The van der Waals surface area contributed by atoms with Gasteiger partial charge in [0.2, 0.25) is 0 Å². The summed E-state index contributed by atoms with van der Waals surface area (Å²) in [7, 11) is -3.73. The van der Waals surface area contributed by atoms with Gasteiger partial charge in [0.05, 0.1) is 11.1 Å². The third-order valence-electron chi connectivity index (χ3n) is 3.68. The number of benzene rings is 2. The molecule has 8 heteroatoms. The molecule has 2 aromatic carbocycles. The second kappa shape index (κ2) is 6.14. The molecule has 0 bridgehead atoms. The Morgan fingerprint density at radius 3 is 2.44 bits per heavy atom. The van der Waals surface area contributed by atoms with Gasteiger partial charge < -0.3 is 13.9 Å². The van der Waals surface area contributed by atoms with Crippen molar-refractivity contribution in [3.8, 4) is 22.8 Å². The van der Waals surface area contributed by atoms with Crippen LogP contribution in [0.15, 0.2) is 64.4 Å². The summed E-state index contributed by atoms with van der Waals surface area (Å²) in [5, 5.41) is 0. The Morgan fingerprint density at radius 1 is 0.960 bits per heavy atom. The molecule has 0 unspecified atom stereocenters. The maximum absolute atomic E-state index is 12.6. The summed E-state index contributed by atoms with van der Waals surface area (Å²) < 4.78 is 43.7. The zero-order chi connectivity index (χ0) is 17.3. The van der Waals surface area contributed by atoms with Crippen LogP contribution >= 0.6 is 0 Å². The maximum atomic E-state index is 12.6. The lowest BCUT2D eigenvalue weighted by Crippen LogP contribution is -2.17. The fraction of sp³-hybridized carbons (Fsp3) is 0.118. The highest BCUT2D eigenvalue weighted by molar-refractivity contribution is 7.92. The van der Waals surface area contributed by atoms with Crippen LogP contribution in [0.5, 0.6) is 11.5 Å². The maximum Gasteiger partial charge on any atom is 0.262 e. The van der Waals surface area contributed by atoms with E-state index >= 15 is 0 Å². The number of ether oxygens (including phenoxy) is 2. The first-order valence-electron chi connectivity index (χ1n) is 7.53. The number of aromatic nitrogens is 1. The molecule has 0 saturated heterocycles. The molecular formula is C17H14N2O5S. The van der Waals surface area contributed by atoms with E-state index in [1.54, 1.807) is 36.5 Å². The highest BCUT2D eigenvalue weighted by Crippen LogP contribution is 2.33. The fourth-order valence-electron chi connectivity index (χ4n) is 2.47. The minimum atomic E-state index is -3.73. The molecule has 0 fully saturated rings. The number of hydrogen-bond acceptors (Lipinski definition) is 6. The fourth-order valence-corrected chi connectivity index (χ4v) is 3.54. The zero-order valence-electron chi connectivity index (χ0n) is 13.0. The molecule has 128 valence electrons. The van der Waals surface area contributed by atoms with Crippen molar-refractivity contribution in [3.63, 3.8) is 0 Å². The van der Waals surface area contributed by atoms with E-state index < -0.39 is 10.0 Å². The van der Waals surface area contributed by atoms with Crippen molar-refractivity contribution < 1.29 is 22.3 Å². The largest absolute Gasteiger partial charge is 0.486 e. The Morgan fingerprint density at radius 2 is 1.72 bits per heavy atom. The summed E-state index contributed by atoms with van der Waals surface area (Å²) in [6.45, 7) is 0.849. The molecule has 1 N–H and O–H groups in total. The van der Waals surface area contributed by atoms with Gasteiger partial charge in [-0.3, -0.25) is 4.72 Å². The molecule has 0 radical (unpaired) electrons. The quantitative estimate of drug-likeness (QED) is 0.771. The van der Waals surface area contributed by atoms with Gasteiger partial charge in [-0.25, -0.2) is 13.4 Å². The van der Waals surface area contributed by atoms with E-state index in [0.29, 0.717) is 36.2 Å². The van der Waals surface area contributed by atoms with Gasteiger partial charge in [-0.15, -0.1) is 0 Å². The van der Waals surface area contributed by atoms with Crippen molar-refractivity contribution in [1.29, 1.82) is 0 Å². The van der Waals surface area contributed by atoms with Gasteiger partial charge in [0.1, 0.15) is 13.2 Å². The van der Waals surface area contributed by atoms with Crippen molar-refractivity contribution in [2.45, 2.75) is 4.90 Å². The molecule has 1 aliphatic heterocycles. The van der Waals surface area contributed by atoms with Crippen LogP contribution in [0, 0.1) is 0 Å². The monoisotopic (exact) mass is 358 g/mol. The van der Waals surface area contributed by atoms with E-state index in [-0.39, 0.29) is 4.90 Å². The molecule has 0 amide bonds. The van der Waals surface area contributed by atoms with Gasteiger partial charge >= 0.3 is 0 Å². The summed E-state index contributed by atoms with van der Waals surface area (Å²) in [4.78, 5) is 3.96. The third kappa shape index (κ3) is 3.16. The highest BCUT2D eigenvalue weighted by atomic mass is 32.2. The van der Waals surface area contributed by atoms with Crippen molar-refractivity contribution in [3.05, 3.63) is 55.1 Å². The summed E-state index contributed by atoms with van der Waals surface area (Å²) in [6.07, 6.45) is 2.93. The summed E-state index contributed by atoms with van der Waals surface area (Å²) in [6, 6.07) is 11.4. The first-order chi connectivity index (χ1) is 12.1. The van der Waals surface area contributed by atoms with E-state index in [2.05, 4.69) is 9.71 Å². The molecule has 0 aliphatic carbocycles. The van der Waals surface area contributed by atoms with Crippen molar-refractivity contribution in [1.82, 2.24) is 4.98 Å². The van der Waals surface area contributed by atoms with Crippen LogP contribution in [0.4, 0.5) is 5.69 Å². The van der Waals surface area contributed by atoms with E-state index in [9.17, 15) is 8.42 Å². The number of anilines is 1. The van der Waals surface area contributed by atoms with Crippen molar-refractivity contribution >= 4 is 15.7 Å². The topological polar surface area (TPSA) is 90.7 Å². The lowest BCUT2D eigenvalue weighted by molar-refractivity contribution is 0.171. The normalized spacial score (nSPS) is 13.4. The zero-order valence-corrected chi connectivity index (χ0v) is 13.8. The number of sulfonamides is 1. The average Bonchev–Trinajstić information content (AvgIpc) is 3.16. The van der Waals surface area contributed by atoms with Crippen LogP contribution in [0.2, 0.25) is 0 Å². The molecule has 0 atom stereocenters. The Balaban J connectivity index is 1.57. The molecule has 0 spiro atoms. The Labute approximate surface area is 144 Å². The summed E-state index contributed by atoms with van der Waals surface area (Å²) in [5.41, 5.74) is 1.25. The van der Waals surface area contributed by atoms with Crippen LogP contribution < -0.4 is 14.2 Å². The van der Waals surface area contributed by atoms with Crippen LogP contribution in [-0.2, 0) is 10.0 Å². The number of oxazole rings is 1. The molecular weight excluding hydrogens is 344 g/mol. The lowest BCUT2D eigenvalue weighted by Gasteiger charge is -2.19. The smallest absolute Gasteiger partial charge is 0.262 e. The predicted octanol–water partition coefficient (Wildman–Crippen LogP) is 2.91. The average molecular weight is 358 g/mol. The molecule has 1 aromatic heterocycles. The van der Waals surface area contributed by atoms with Gasteiger partial charge in [0, 0.05) is 17.3 Å². The molecule has 2 heterocycles. The minimum absolute atomic E-state index is 0.107. The summed E-state index contributed by atoms with van der Waals surface area (Å²) in [5.74, 6) is 1.58. The molecule has 3 aromatic rings. The first-order valence-corrected chi connectivity index (χ1v) is 9.01. The van der Waals surface area contributed by atoms with Gasteiger partial charge in [-0.1, -0.05) is 0 Å². The molecule has 0 saturated carbocycles. The van der Waals surface area contributed by atoms with E-state index in [1.165, 1.54) is 18.5 Å². The van der Waals surface area contributed by atoms with Gasteiger partial charge in [-0.05, 0) is 36.4 Å². The van der Waals surface area contributed by atoms with E-state index in [4.69, 9.17) is 13.9 Å². The van der Waals surface area contributed by atoms with Gasteiger partial charge in [-0.2, -0.15) is 0 Å². The first kappa shape index (κ1) is 15.5. The van der Waals surface area contributed by atoms with Crippen LogP contribution in [0.3, 0.4) is 0 Å². The number of nitrogens with one attached hydrogen (secondary N) is 1. The molecule has 4 rings (SSSR count). The Kier molecular flexibility index (Phi) is 3.81. The van der Waals surface area contributed by atoms with E-state index in [0.717, 1.165) is 5.56 Å². The molecule has 25 heavy (non-hydrogen) atoms. The SMILES string of the molecule is O=S(=O)(Nc1ccc(-c2cnco2)cc1)c1ccc2c(c1)OCCO2. The second-order valence-electron chi connectivity index (χ2n) is 5.35. The van der Waals surface area contributed by atoms with Crippen LogP contribution in [-0.4, -0.2) is 26.6 Å². The Hall–Kier alpha value is -3.00. The van der Waals surface area contributed by atoms with Crippen LogP contribution in [0.25, 0.3) is 11.3 Å². The van der Waals surface area contributed by atoms with Gasteiger partial charge in [0.25, 0.3) is 10.0 Å². The second-order valence-corrected chi connectivity index (χ2v) is 7.04. The van der Waals surface area contributed by atoms with Gasteiger partial charge in [0.15, 0.2) is 23.7 Å². The number of fused-ring (bicyclic) bond motifs is 1. The van der Waals surface area contributed by atoms with E-state index in [1.807, 2.05) is 0 Å². The number of hydrogen-bond donors (Lipinski definition) is 1. The highest BCUT2D eigenvalue weighted by Gasteiger charge is 2.19. The standard InChI is InChI=1S/C17H14N2O5S/c20-25(21,14-5-6-15-16(9-14)23-8-7-22-15)19-13-3-1-12(2-4-13)17-10-18-11-24-17/h1-6,9-11,19H,7-8H2. The molecule has 1 aliphatic rings. The van der Waals surface area contributed by atoms with Crippen molar-refractivity contribution in [2.75, 3.05) is 17.9 Å². The van der Waals surface area contributed by atoms with Crippen molar-refractivity contribution in [2.24, 2.45) is 0 Å². The summed E-state index contributed by atoms with van der Waals surface area (Å²) >= 11 is 0. The predicted molar refractivity (Wildman–Crippen MR) is 90.2 cm³/mol. The minimum Gasteiger partial charge on any atom is -0.486 e.